The van der Waals surface area contributed by atoms with Crippen molar-refractivity contribution in [1.82, 2.24) is 10.1 Å². The van der Waals surface area contributed by atoms with Crippen LogP contribution in [0.25, 0.3) is 11.3 Å². The van der Waals surface area contributed by atoms with E-state index in [2.05, 4.69) is 15.0 Å². The van der Waals surface area contributed by atoms with Crippen LogP contribution < -0.4 is 4.90 Å². The van der Waals surface area contributed by atoms with Crippen LogP contribution in [0, 0.1) is 0 Å². The number of anilines is 1. The molecule has 0 radical (unpaired) electrons. The monoisotopic (exact) mass is 527 g/mol. The molecule has 7 nitrogen and oxygen atoms in total. The predicted molar refractivity (Wildman–Crippen MR) is 132 cm³/mol. The Hall–Kier alpha value is -3.40. The number of methoxy groups -OCH3 is 1. The van der Waals surface area contributed by atoms with Crippen molar-refractivity contribution in [3.63, 3.8) is 0 Å². The summed E-state index contributed by atoms with van der Waals surface area (Å²) in [5, 5.41) is 4.10. The van der Waals surface area contributed by atoms with Crippen LogP contribution in [0.3, 0.4) is 0 Å². The second-order valence-electron chi connectivity index (χ2n) is 10.3. The maximum Gasteiger partial charge on any atom is 0.417 e. The second-order valence-corrected chi connectivity index (χ2v) is 10.3. The van der Waals surface area contributed by atoms with Gasteiger partial charge in [0.1, 0.15) is 17.3 Å². The number of alkyl halides is 3. The number of aromatic nitrogens is 2. The highest BCUT2D eigenvalue weighted by Crippen LogP contribution is 2.46. The standard InChI is InChI=1S/C28H28F3N3O4/c1-36-27(35)17-8-11-24(32-14-17)34-18-9-10-19(34)13-20(12-18)37-15-22-25(33-38-26(22)16-6-7-16)21-4-2-3-5-23(21)28(29,30)31/h2-5,8,11,14,16,18-20H,6-7,9-10,12-13,15H2,1H3/t18-,19+,20-. The number of fused-ring (bicyclic) bond motifs is 2. The van der Waals surface area contributed by atoms with Crippen LogP contribution >= 0.6 is 0 Å². The van der Waals surface area contributed by atoms with E-state index >= 15 is 0 Å². The van der Waals surface area contributed by atoms with Crippen LogP contribution in [-0.2, 0) is 22.3 Å². The van der Waals surface area contributed by atoms with E-state index in [1.807, 2.05) is 6.07 Å². The van der Waals surface area contributed by atoms with Gasteiger partial charge in [-0.2, -0.15) is 13.2 Å². The number of nitrogens with zero attached hydrogens (tertiary/aromatic N) is 3. The molecule has 38 heavy (non-hydrogen) atoms. The van der Waals surface area contributed by atoms with Crippen molar-refractivity contribution < 1.29 is 32.0 Å². The Morgan fingerprint density at radius 1 is 1.08 bits per heavy atom. The first-order valence-corrected chi connectivity index (χ1v) is 12.9. The minimum Gasteiger partial charge on any atom is -0.465 e. The molecule has 3 fully saturated rings. The molecule has 0 unspecified atom stereocenters. The normalized spacial score (nSPS) is 23.1. The van der Waals surface area contributed by atoms with Crippen LogP contribution in [0.5, 0.6) is 0 Å². The molecule has 1 aliphatic carbocycles. The third-order valence-corrected chi connectivity index (χ3v) is 7.84. The second kappa shape index (κ2) is 9.72. The number of halogens is 3. The molecule has 3 aromatic rings. The van der Waals surface area contributed by atoms with E-state index in [0.29, 0.717) is 16.9 Å². The zero-order chi connectivity index (χ0) is 26.4. The molecule has 6 rings (SSSR count). The third kappa shape index (κ3) is 4.66. The minimum absolute atomic E-state index is 0.0191. The Balaban J connectivity index is 1.19. The van der Waals surface area contributed by atoms with Gasteiger partial charge in [-0.15, -0.1) is 0 Å². The van der Waals surface area contributed by atoms with Gasteiger partial charge >= 0.3 is 12.1 Å². The Morgan fingerprint density at radius 3 is 2.45 bits per heavy atom. The van der Waals surface area contributed by atoms with E-state index in [1.165, 1.54) is 25.4 Å². The van der Waals surface area contributed by atoms with Crippen molar-refractivity contribution in [3.05, 3.63) is 65.0 Å². The van der Waals surface area contributed by atoms with E-state index < -0.39 is 17.7 Å². The smallest absolute Gasteiger partial charge is 0.417 e. The van der Waals surface area contributed by atoms with Crippen LogP contribution in [0.15, 0.2) is 47.1 Å². The van der Waals surface area contributed by atoms with Crippen molar-refractivity contribution in [1.29, 1.82) is 0 Å². The molecule has 200 valence electrons. The first kappa shape index (κ1) is 24.9. The molecular formula is C28H28F3N3O4. The van der Waals surface area contributed by atoms with Crippen LogP contribution in [0.1, 0.15) is 71.7 Å². The molecule has 10 heteroatoms. The average molecular weight is 528 g/mol. The fourth-order valence-corrected chi connectivity index (χ4v) is 5.89. The Kier molecular flexibility index (Phi) is 6.37. The lowest BCUT2D eigenvalue weighted by Gasteiger charge is -2.39. The zero-order valence-corrected chi connectivity index (χ0v) is 20.9. The summed E-state index contributed by atoms with van der Waals surface area (Å²) >= 11 is 0. The van der Waals surface area contributed by atoms with Crippen molar-refractivity contribution in [2.75, 3.05) is 12.0 Å². The average Bonchev–Trinajstić information content (AvgIpc) is 3.62. The van der Waals surface area contributed by atoms with E-state index in [1.54, 1.807) is 12.1 Å². The first-order chi connectivity index (χ1) is 18.3. The SMILES string of the molecule is COC(=O)c1ccc(N2[C@@H]3CC[C@H]2C[C@H](OCc2c(-c4ccccc4C(F)(F)F)noc2C2CC2)C3)nc1. The Morgan fingerprint density at radius 2 is 1.82 bits per heavy atom. The molecule has 2 saturated heterocycles. The summed E-state index contributed by atoms with van der Waals surface area (Å²) in [6.45, 7) is 0.160. The van der Waals surface area contributed by atoms with Gasteiger partial charge in [-0.25, -0.2) is 9.78 Å². The van der Waals surface area contributed by atoms with Gasteiger partial charge in [0.2, 0.25) is 0 Å². The van der Waals surface area contributed by atoms with E-state index in [9.17, 15) is 18.0 Å². The molecule has 2 aromatic heterocycles. The number of hydrogen-bond donors (Lipinski definition) is 0. The van der Waals surface area contributed by atoms with Crippen molar-refractivity contribution in [2.45, 2.75) is 75.4 Å². The van der Waals surface area contributed by atoms with E-state index in [-0.39, 0.29) is 42.0 Å². The fraction of sp³-hybridized carbons (Fsp3) is 0.464. The number of pyridine rings is 1. The number of ether oxygens (including phenoxy) is 2. The summed E-state index contributed by atoms with van der Waals surface area (Å²) in [5.41, 5.74) is 0.540. The summed E-state index contributed by atoms with van der Waals surface area (Å²) in [4.78, 5) is 18.6. The molecule has 3 aliphatic rings. The predicted octanol–water partition coefficient (Wildman–Crippen LogP) is 6.14. The van der Waals surface area contributed by atoms with Gasteiger partial charge < -0.3 is 18.9 Å². The fourth-order valence-electron chi connectivity index (χ4n) is 5.89. The summed E-state index contributed by atoms with van der Waals surface area (Å²) < 4.78 is 58.0. The number of benzene rings is 1. The van der Waals surface area contributed by atoms with E-state index in [4.69, 9.17) is 14.0 Å². The van der Waals surface area contributed by atoms with Crippen LogP contribution in [-0.4, -0.2) is 41.4 Å². The molecule has 1 saturated carbocycles. The largest absolute Gasteiger partial charge is 0.465 e. The number of hydrogen-bond acceptors (Lipinski definition) is 7. The maximum atomic E-state index is 13.7. The maximum absolute atomic E-state index is 13.7. The molecule has 3 atom stereocenters. The Bertz CT molecular complexity index is 1310. The zero-order valence-electron chi connectivity index (χ0n) is 20.9. The Labute approximate surface area is 217 Å². The summed E-state index contributed by atoms with van der Waals surface area (Å²) in [7, 11) is 1.34. The summed E-state index contributed by atoms with van der Waals surface area (Å²) in [6, 6.07) is 9.54. The van der Waals surface area contributed by atoms with E-state index in [0.717, 1.165) is 50.4 Å². The lowest BCUT2D eigenvalue weighted by atomic mass is 9.98. The van der Waals surface area contributed by atoms with Gasteiger partial charge in [0.15, 0.2) is 0 Å². The van der Waals surface area contributed by atoms with Crippen molar-refractivity contribution >= 4 is 11.8 Å². The molecule has 0 amide bonds. The van der Waals surface area contributed by atoms with Crippen molar-refractivity contribution in [3.8, 4) is 11.3 Å². The molecule has 0 spiro atoms. The van der Waals surface area contributed by atoms with Gasteiger partial charge in [-0.1, -0.05) is 23.4 Å². The number of piperidine rings is 1. The van der Waals surface area contributed by atoms with Crippen molar-refractivity contribution in [2.24, 2.45) is 0 Å². The number of carbonyl (C=O) groups excluding carboxylic acids is 1. The van der Waals surface area contributed by atoms with Gasteiger partial charge in [-0.05, 0) is 56.7 Å². The summed E-state index contributed by atoms with van der Waals surface area (Å²) in [6.07, 6.45) is 2.47. The third-order valence-electron chi connectivity index (χ3n) is 7.84. The highest BCUT2D eigenvalue weighted by molar-refractivity contribution is 5.89. The highest BCUT2D eigenvalue weighted by Gasteiger charge is 2.43. The number of rotatable bonds is 7. The molecule has 0 N–H and O–H groups in total. The topological polar surface area (TPSA) is 77.7 Å². The van der Waals surface area contributed by atoms with Crippen LogP contribution in [0.4, 0.5) is 19.0 Å². The molecule has 4 heterocycles. The van der Waals surface area contributed by atoms with Gasteiger partial charge in [-0.3, -0.25) is 0 Å². The number of esters is 1. The molecule has 2 bridgehead atoms. The van der Waals surface area contributed by atoms with Gasteiger partial charge in [0, 0.05) is 35.3 Å². The van der Waals surface area contributed by atoms with Gasteiger partial charge in [0.25, 0.3) is 0 Å². The van der Waals surface area contributed by atoms with Crippen LogP contribution in [0.2, 0.25) is 0 Å². The lowest BCUT2D eigenvalue weighted by molar-refractivity contribution is -0.137. The molecule has 1 aromatic carbocycles. The quantitative estimate of drug-likeness (QED) is 0.342. The lowest BCUT2D eigenvalue weighted by Crippen LogP contribution is -2.46. The first-order valence-electron chi connectivity index (χ1n) is 12.9. The summed E-state index contributed by atoms with van der Waals surface area (Å²) in [5.74, 6) is 1.23. The number of carbonyl (C=O) groups is 1. The van der Waals surface area contributed by atoms with Gasteiger partial charge in [0.05, 0.1) is 30.9 Å². The molecule has 2 aliphatic heterocycles. The highest BCUT2D eigenvalue weighted by atomic mass is 19.4. The molecular weight excluding hydrogens is 499 g/mol. The minimum atomic E-state index is -4.50.